The highest BCUT2D eigenvalue weighted by atomic mass is 16.2. The molecule has 1 aromatic heterocycles. The topological polar surface area (TPSA) is 64.2 Å². The smallest absolute Gasteiger partial charge is 0.271 e. The number of aromatic nitrogens is 2. The highest BCUT2D eigenvalue weighted by molar-refractivity contribution is 5.93. The van der Waals surface area contributed by atoms with Gasteiger partial charge in [0.1, 0.15) is 11.5 Å². The maximum absolute atomic E-state index is 11.6. The van der Waals surface area contributed by atoms with Gasteiger partial charge in [-0.2, -0.15) is 5.10 Å². The molecule has 0 bridgehead atoms. The van der Waals surface area contributed by atoms with E-state index in [9.17, 15) is 4.79 Å². The number of amides is 1. The monoisotopic (exact) mass is 182 g/mol. The summed E-state index contributed by atoms with van der Waals surface area (Å²) < 4.78 is 1.49. The van der Waals surface area contributed by atoms with Gasteiger partial charge >= 0.3 is 0 Å². The van der Waals surface area contributed by atoms with Crippen LogP contribution in [0, 0.1) is 0 Å². The number of hydrogen-bond acceptors (Lipinski definition) is 3. The van der Waals surface area contributed by atoms with Gasteiger partial charge < -0.3 is 10.6 Å². The summed E-state index contributed by atoms with van der Waals surface area (Å²) in [6.07, 6.45) is 0. The van der Waals surface area contributed by atoms with Crippen LogP contribution in [0.5, 0.6) is 0 Å². The molecule has 0 fully saturated rings. The summed E-state index contributed by atoms with van der Waals surface area (Å²) in [4.78, 5) is 13.2. The van der Waals surface area contributed by atoms with Crippen molar-refractivity contribution in [1.82, 2.24) is 14.7 Å². The van der Waals surface area contributed by atoms with E-state index in [4.69, 9.17) is 5.73 Å². The van der Waals surface area contributed by atoms with E-state index in [0.29, 0.717) is 18.1 Å². The predicted octanol–water partition coefficient (Wildman–Crippen LogP) is 0.0942. The molecule has 0 atom stereocenters. The van der Waals surface area contributed by atoms with Crippen LogP contribution in [0.15, 0.2) is 6.07 Å². The molecule has 0 saturated carbocycles. The fourth-order valence-electron chi connectivity index (χ4n) is 1.03. The highest BCUT2D eigenvalue weighted by Gasteiger charge is 2.14. The number of aryl methyl sites for hydroxylation is 1. The van der Waals surface area contributed by atoms with Crippen LogP contribution >= 0.6 is 0 Å². The molecular weight excluding hydrogens is 168 g/mol. The molecule has 2 N–H and O–H groups in total. The van der Waals surface area contributed by atoms with Gasteiger partial charge in [0.25, 0.3) is 5.91 Å². The largest absolute Gasteiger partial charge is 0.382 e. The van der Waals surface area contributed by atoms with Crippen LogP contribution in [-0.2, 0) is 7.05 Å². The Balaban J connectivity index is 2.94. The lowest BCUT2D eigenvalue weighted by atomic mass is 10.3. The van der Waals surface area contributed by atoms with E-state index in [1.54, 1.807) is 25.1 Å². The lowest BCUT2D eigenvalue weighted by Gasteiger charge is -2.13. The summed E-state index contributed by atoms with van der Waals surface area (Å²) >= 11 is 0. The first kappa shape index (κ1) is 9.57. The highest BCUT2D eigenvalue weighted by Crippen LogP contribution is 2.06. The molecule has 1 amide bonds. The van der Waals surface area contributed by atoms with Crippen LogP contribution in [0.25, 0.3) is 0 Å². The minimum atomic E-state index is -0.0609. The fourth-order valence-corrected chi connectivity index (χ4v) is 1.03. The van der Waals surface area contributed by atoms with Crippen molar-refractivity contribution in [3.63, 3.8) is 0 Å². The maximum atomic E-state index is 11.6. The lowest BCUT2D eigenvalue weighted by molar-refractivity contribution is 0.0791. The summed E-state index contributed by atoms with van der Waals surface area (Å²) in [5, 5.41) is 3.90. The molecular formula is C8H14N4O. The average molecular weight is 182 g/mol. The number of carbonyl (C=O) groups excluding carboxylic acids is 1. The molecule has 0 aliphatic heterocycles. The van der Waals surface area contributed by atoms with E-state index in [0.717, 1.165) is 0 Å². The van der Waals surface area contributed by atoms with Crippen molar-refractivity contribution in [3.05, 3.63) is 11.8 Å². The number of anilines is 1. The quantitative estimate of drug-likeness (QED) is 0.705. The Labute approximate surface area is 77.1 Å². The number of nitrogen functional groups attached to an aromatic ring is 1. The van der Waals surface area contributed by atoms with Gasteiger partial charge in [-0.15, -0.1) is 0 Å². The second-order valence-corrected chi connectivity index (χ2v) is 2.90. The molecule has 0 aliphatic carbocycles. The van der Waals surface area contributed by atoms with Crippen LogP contribution < -0.4 is 5.73 Å². The molecule has 1 heterocycles. The third-order valence-corrected chi connectivity index (χ3v) is 1.94. The van der Waals surface area contributed by atoms with Crippen molar-refractivity contribution in [2.45, 2.75) is 6.92 Å². The number of rotatable bonds is 2. The zero-order valence-electron chi connectivity index (χ0n) is 8.11. The van der Waals surface area contributed by atoms with Crippen molar-refractivity contribution in [2.24, 2.45) is 7.05 Å². The van der Waals surface area contributed by atoms with E-state index in [2.05, 4.69) is 5.10 Å². The molecule has 0 unspecified atom stereocenters. The second-order valence-electron chi connectivity index (χ2n) is 2.90. The fraction of sp³-hybridized carbons (Fsp3) is 0.500. The van der Waals surface area contributed by atoms with E-state index in [-0.39, 0.29) is 5.91 Å². The van der Waals surface area contributed by atoms with Crippen LogP contribution in [0.1, 0.15) is 17.4 Å². The van der Waals surface area contributed by atoms with E-state index < -0.39 is 0 Å². The maximum Gasteiger partial charge on any atom is 0.271 e. The third-order valence-electron chi connectivity index (χ3n) is 1.94. The Kier molecular flexibility index (Phi) is 2.55. The number of nitrogens with zero attached hydrogens (tertiary/aromatic N) is 3. The molecule has 0 spiro atoms. The predicted molar refractivity (Wildman–Crippen MR) is 50.3 cm³/mol. The van der Waals surface area contributed by atoms with Gasteiger partial charge in [0.2, 0.25) is 0 Å². The lowest BCUT2D eigenvalue weighted by Crippen LogP contribution is -2.28. The third kappa shape index (κ3) is 1.80. The molecule has 0 saturated heterocycles. The standard InChI is InChI=1S/C8H14N4O/c1-4-11(2)8(13)6-5-7(9)10-12(6)3/h5H,4H2,1-3H3,(H2,9,10). The Morgan fingerprint density at radius 1 is 1.77 bits per heavy atom. The van der Waals surface area contributed by atoms with Crippen molar-refractivity contribution < 1.29 is 4.79 Å². The van der Waals surface area contributed by atoms with E-state index in [1.165, 1.54) is 4.68 Å². The first-order valence-electron chi connectivity index (χ1n) is 4.11. The van der Waals surface area contributed by atoms with E-state index in [1.807, 2.05) is 6.92 Å². The van der Waals surface area contributed by atoms with Crippen molar-refractivity contribution in [2.75, 3.05) is 19.3 Å². The van der Waals surface area contributed by atoms with Gasteiger partial charge in [0.15, 0.2) is 0 Å². The molecule has 5 nitrogen and oxygen atoms in total. The van der Waals surface area contributed by atoms with Gasteiger partial charge in [-0.3, -0.25) is 9.48 Å². The van der Waals surface area contributed by atoms with Gasteiger partial charge in [-0.05, 0) is 6.92 Å². The van der Waals surface area contributed by atoms with Gasteiger partial charge in [0, 0.05) is 26.7 Å². The number of hydrogen-bond donors (Lipinski definition) is 1. The van der Waals surface area contributed by atoms with Crippen LogP contribution in [-0.4, -0.2) is 34.2 Å². The summed E-state index contributed by atoms with van der Waals surface area (Å²) in [6.45, 7) is 2.58. The first-order chi connectivity index (χ1) is 6.06. The Hall–Kier alpha value is -1.52. The number of carbonyl (C=O) groups is 1. The minimum absolute atomic E-state index is 0.0609. The van der Waals surface area contributed by atoms with Crippen LogP contribution in [0.3, 0.4) is 0 Å². The average Bonchev–Trinajstić information content (AvgIpc) is 2.42. The molecule has 5 heteroatoms. The van der Waals surface area contributed by atoms with Crippen LogP contribution in [0.4, 0.5) is 5.82 Å². The Morgan fingerprint density at radius 3 is 2.77 bits per heavy atom. The first-order valence-corrected chi connectivity index (χ1v) is 4.11. The van der Waals surface area contributed by atoms with Crippen molar-refractivity contribution in [1.29, 1.82) is 0 Å². The minimum Gasteiger partial charge on any atom is -0.382 e. The van der Waals surface area contributed by atoms with Gasteiger partial charge in [-0.25, -0.2) is 0 Å². The molecule has 0 radical (unpaired) electrons. The molecule has 72 valence electrons. The summed E-state index contributed by atoms with van der Waals surface area (Å²) in [6, 6.07) is 1.58. The normalized spacial score (nSPS) is 10.1. The summed E-state index contributed by atoms with van der Waals surface area (Å²) in [7, 11) is 3.44. The molecule has 0 aromatic carbocycles. The molecule has 1 aromatic rings. The van der Waals surface area contributed by atoms with Crippen LogP contribution in [0.2, 0.25) is 0 Å². The molecule has 13 heavy (non-hydrogen) atoms. The zero-order valence-corrected chi connectivity index (χ0v) is 8.11. The van der Waals surface area contributed by atoms with E-state index >= 15 is 0 Å². The SMILES string of the molecule is CCN(C)C(=O)c1cc(N)nn1C. The Morgan fingerprint density at radius 2 is 2.38 bits per heavy atom. The van der Waals surface area contributed by atoms with Gasteiger partial charge in [0.05, 0.1) is 0 Å². The zero-order chi connectivity index (χ0) is 10.0. The number of nitrogens with two attached hydrogens (primary N) is 1. The van der Waals surface area contributed by atoms with Gasteiger partial charge in [-0.1, -0.05) is 0 Å². The van der Waals surface area contributed by atoms with Crippen molar-refractivity contribution in [3.8, 4) is 0 Å². The molecule has 0 aliphatic rings. The summed E-state index contributed by atoms with van der Waals surface area (Å²) in [5.74, 6) is 0.310. The second kappa shape index (κ2) is 3.47. The molecule has 1 rings (SSSR count). The Bertz CT molecular complexity index is 318. The summed E-state index contributed by atoms with van der Waals surface area (Å²) in [5.41, 5.74) is 5.97. The van der Waals surface area contributed by atoms with Crippen molar-refractivity contribution >= 4 is 11.7 Å².